The summed E-state index contributed by atoms with van der Waals surface area (Å²) in [7, 11) is 0. The van der Waals surface area contributed by atoms with E-state index >= 15 is 0 Å². The third kappa shape index (κ3) is 3.28. The average Bonchev–Trinajstić information content (AvgIpc) is 2.43. The van der Waals surface area contributed by atoms with Crippen molar-refractivity contribution >= 4 is 5.97 Å². The molecule has 1 aromatic carbocycles. The summed E-state index contributed by atoms with van der Waals surface area (Å²) in [6.07, 6.45) is -2.42. The summed E-state index contributed by atoms with van der Waals surface area (Å²) in [5.41, 5.74) is -1.92. The van der Waals surface area contributed by atoms with E-state index < -0.39 is 36.0 Å². The van der Waals surface area contributed by atoms with Gasteiger partial charge in [0.25, 0.3) is 0 Å². The van der Waals surface area contributed by atoms with Crippen LogP contribution in [-0.2, 0) is 4.79 Å². The molecule has 3 atom stereocenters. The third-order valence-electron chi connectivity index (χ3n) is 3.16. The van der Waals surface area contributed by atoms with Crippen molar-refractivity contribution in [3.8, 4) is 11.8 Å². The molecule has 0 amide bonds. The Kier molecular flexibility index (Phi) is 4.09. The molecule has 1 aliphatic carbocycles. The predicted molar refractivity (Wildman–Crippen MR) is 70.6 cm³/mol. The lowest BCUT2D eigenvalue weighted by Crippen LogP contribution is -2.47. The van der Waals surface area contributed by atoms with Crippen molar-refractivity contribution in [1.82, 2.24) is 0 Å². The smallest absolute Gasteiger partial charge is 0.339 e. The van der Waals surface area contributed by atoms with Crippen molar-refractivity contribution < 1.29 is 29.6 Å². The molecule has 0 aliphatic heterocycles. The lowest BCUT2D eigenvalue weighted by molar-refractivity contribution is -0.158. The second-order valence-corrected chi connectivity index (χ2v) is 4.80. The van der Waals surface area contributed by atoms with Gasteiger partial charge >= 0.3 is 5.97 Å². The van der Waals surface area contributed by atoms with E-state index in [1.807, 2.05) is 0 Å². The van der Waals surface area contributed by atoms with E-state index in [0.717, 1.165) is 6.08 Å². The number of benzene rings is 1. The Balaban J connectivity index is 2.35. The first-order chi connectivity index (χ1) is 9.82. The zero-order valence-corrected chi connectivity index (χ0v) is 10.8. The summed E-state index contributed by atoms with van der Waals surface area (Å²) in [4.78, 5) is 11.0. The summed E-state index contributed by atoms with van der Waals surface area (Å²) in [5, 5.41) is 38.3. The second-order valence-electron chi connectivity index (χ2n) is 4.80. The molecule has 2 rings (SSSR count). The number of aliphatic hydroxyl groups excluding tert-OH is 2. The van der Waals surface area contributed by atoms with Crippen molar-refractivity contribution in [2.45, 2.75) is 24.2 Å². The van der Waals surface area contributed by atoms with E-state index in [2.05, 4.69) is 11.8 Å². The Labute approximate surface area is 120 Å². The molecule has 5 nitrogen and oxygen atoms in total. The van der Waals surface area contributed by atoms with Gasteiger partial charge in [0.1, 0.15) is 11.9 Å². The van der Waals surface area contributed by atoms with Gasteiger partial charge in [-0.15, -0.1) is 0 Å². The number of aliphatic carboxylic acids is 1. The SMILES string of the molecule is O=C(O)[C@]1(O)C=C(C#Cc2ccc(F)cc2)[C@@H](O)[C@H](O)C1. The van der Waals surface area contributed by atoms with Crippen LogP contribution in [-0.4, -0.2) is 44.2 Å². The van der Waals surface area contributed by atoms with E-state index in [4.69, 9.17) is 5.11 Å². The molecule has 1 aliphatic rings. The van der Waals surface area contributed by atoms with Gasteiger partial charge in [-0.1, -0.05) is 11.8 Å². The fourth-order valence-corrected chi connectivity index (χ4v) is 1.98. The highest BCUT2D eigenvalue weighted by Crippen LogP contribution is 2.27. The molecular formula is C15H13FO5. The molecule has 0 unspecified atom stereocenters. The molecule has 0 saturated carbocycles. The zero-order chi connectivity index (χ0) is 15.6. The Morgan fingerprint density at radius 1 is 1.24 bits per heavy atom. The van der Waals surface area contributed by atoms with Crippen LogP contribution in [0.1, 0.15) is 12.0 Å². The molecule has 0 aromatic heterocycles. The summed E-state index contributed by atoms with van der Waals surface area (Å²) in [6.45, 7) is 0. The molecular weight excluding hydrogens is 279 g/mol. The summed E-state index contributed by atoms with van der Waals surface area (Å²) in [5.74, 6) is 3.16. The van der Waals surface area contributed by atoms with Gasteiger partial charge in [-0.2, -0.15) is 0 Å². The van der Waals surface area contributed by atoms with E-state index in [-0.39, 0.29) is 5.57 Å². The maximum atomic E-state index is 12.8. The van der Waals surface area contributed by atoms with E-state index in [1.54, 1.807) is 0 Å². The van der Waals surface area contributed by atoms with E-state index in [0.29, 0.717) is 5.56 Å². The Bertz CT molecular complexity index is 640. The number of halogens is 1. The second kappa shape index (κ2) is 5.66. The molecule has 1 aromatic rings. The highest BCUT2D eigenvalue weighted by molar-refractivity contribution is 5.81. The first-order valence-electron chi connectivity index (χ1n) is 6.14. The van der Waals surface area contributed by atoms with Gasteiger partial charge in [0.2, 0.25) is 0 Å². The van der Waals surface area contributed by atoms with Crippen LogP contribution in [0.15, 0.2) is 35.9 Å². The number of carboxylic acid groups (broad SMARTS) is 1. The van der Waals surface area contributed by atoms with Crippen LogP contribution >= 0.6 is 0 Å². The van der Waals surface area contributed by atoms with Crippen LogP contribution in [0.3, 0.4) is 0 Å². The van der Waals surface area contributed by atoms with Crippen LogP contribution in [0, 0.1) is 17.7 Å². The molecule has 0 spiro atoms. The molecule has 110 valence electrons. The fraction of sp³-hybridized carbons (Fsp3) is 0.267. The third-order valence-corrected chi connectivity index (χ3v) is 3.16. The minimum Gasteiger partial charge on any atom is -0.479 e. The molecule has 21 heavy (non-hydrogen) atoms. The summed E-state index contributed by atoms with van der Waals surface area (Å²) < 4.78 is 12.8. The Morgan fingerprint density at radius 2 is 1.86 bits per heavy atom. The molecule has 4 N–H and O–H groups in total. The fourth-order valence-electron chi connectivity index (χ4n) is 1.98. The first-order valence-corrected chi connectivity index (χ1v) is 6.14. The molecule has 0 bridgehead atoms. The lowest BCUT2D eigenvalue weighted by Gasteiger charge is -2.31. The minimum absolute atomic E-state index is 0.0945. The molecule has 0 heterocycles. The van der Waals surface area contributed by atoms with Crippen LogP contribution < -0.4 is 0 Å². The van der Waals surface area contributed by atoms with Crippen molar-refractivity contribution in [3.05, 3.63) is 47.3 Å². The number of hydrogen-bond acceptors (Lipinski definition) is 4. The van der Waals surface area contributed by atoms with Crippen molar-refractivity contribution in [3.63, 3.8) is 0 Å². The van der Waals surface area contributed by atoms with Crippen LogP contribution in [0.5, 0.6) is 0 Å². The number of aliphatic hydroxyl groups is 3. The van der Waals surface area contributed by atoms with Gasteiger partial charge in [-0.05, 0) is 30.3 Å². The van der Waals surface area contributed by atoms with E-state index in [9.17, 15) is 24.5 Å². The Morgan fingerprint density at radius 3 is 2.43 bits per heavy atom. The van der Waals surface area contributed by atoms with Crippen molar-refractivity contribution in [2.75, 3.05) is 0 Å². The highest BCUT2D eigenvalue weighted by Gasteiger charge is 2.43. The quantitative estimate of drug-likeness (QED) is 0.548. The normalized spacial score (nSPS) is 28.3. The van der Waals surface area contributed by atoms with Crippen LogP contribution in [0.4, 0.5) is 4.39 Å². The van der Waals surface area contributed by atoms with Crippen molar-refractivity contribution in [1.29, 1.82) is 0 Å². The van der Waals surface area contributed by atoms with Crippen LogP contribution in [0.25, 0.3) is 0 Å². The monoisotopic (exact) mass is 292 g/mol. The maximum absolute atomic E-state index is 12.8. The largest absolute Gasteiger partial charge is 0.479 e. The highest BCUT2D eigenvalue weighted by atomic mass is 19.1. The van der Waals surface area contributed by atoms with Crippen LogP contribution in [0.2, 0.25) is 0 Å². The Hall–Kier alpha value is -2.20. The number of carboxylic acids is 1. The predicted octanol–water partition coefficient (Wildman–Crippen LogP) is 0.0448. The maximum Gasteiger partial charge on any atom is 0.339 e. The lowest BCUT2D eigenvalue weighted by atomic mass is 9.83. The summed E-state index contributed by atoms with van der Waals surface area (Å²) >= 11 is 0. The zero-order valence-electron chi connectivity index (χ0n) is 10.8. The number of carbonyl (C=O) groups is 1. The topological polar surface area (TPSA) is 98.0 Å². The summed E-state index contributed by atoms with van der Waals surface area (Å²) in [6, 6.07) is 5.24. The van der Waals surface area contributed by atoms with Gasteiger partial charge < -0.3 is 20.4 Å². The molecule has 0 fully saturated rings. The van der Waals surface area contributed by atoms with Gasteiger partial charge in [0.15, 0.2) is 5.60 Å². The van der Waals surface area contributed by atoms with E-state index in [1.165, 1.54) is 24.3 Å². The number of rotatable bonds is 1. The van der Waals surface area contributed by atoms with Gasteiger partial charge in [-0.3, -0.25) is 0 Å². The van der Waals surface area contributed by atoms with Gasteiger partial charge in [-0.25, -0.2) is 9.18 Å². The van der Waals surface area contributed by atoms with Gasteiger partial charge in [0, 0.05) is 17.6 Å². The minimum atomic E-state index is -2.27. The molecule has 0 saturated heterocycles. The first kappa shape index (κ1) is 15.2. The average molecular weight is 292 g/mol. The molecule has 0 radical (unpaired) electrons. The molecule has 6 heteroatoms. The number of hydrogen-bond donors (Lipinski definition) is 4. The standard InChI is InChI=1S/C15H13FO5/c16-11-5-2-9(3-6-11)1-4-10-7-15(21,14(19)20)8-12(17)13(10)18/h2-3,5-7,12-13,17-18,21H,8H2,(H,19,20)/t12-,13-,15+/m1/s1. The van der Waals surface area contributed by atoms with Gasteiger partial charge in [0.05, 0.1) is 6.10 Å². The van der Waals surface area contributed by atoms with Crippen molar-refractivity contribution in [2.24, 2.45) is 0 Å².